The zero-order valence-electron chi connectivity index (χ0n) is 14.0. The number of aryl methyl sites for hydroxylation is 1. The van der Waals surface area contributed by atoms with Crippen molar-refractivity contribution in [2.24, 2.45) is 0 Å². The number of carbonyl (C=O) groups excluding carboxylic acids is 2. The van der Waals surface area contributed by atoms with E-state index in [2.05, 4.69) is 15.6 Å². The van der Waals surface area contributed by atoms with Gasteiger partial charge in [-0.3, -0.25) is 9.59 Å². The van der Waals surface area contributed by atoms with Gasteiger partial charge in [0.2, 0.25) is 5.91 Å². The fourth-order valence-electron chi connectivity index (χ4n) is 2.58. The van der Waals surface area contributed by atoms with Crippen LogP contribution in [0.5, 0.6) is 0 Å². The van der Waals surface area contributed by atoms with Crippen molar-refractivity contribution in [2.45, 2.75) is 13.3 Å². The lowest BCUT2D eigenvalue weighted by atomic mass is 10.1. The van der Waals surface area contributed by atoms with Crippen LogP contribution in [0.15, 0.2) is 54.9 Å². The molecule has 3 aromatic rings. The number of amides is 2. The van der Waals surface area contributed by atoms with E-state index in [0.29, 0.717) is 18.5 Å². The number of rotatable bonds is 6. The first-order valence-electron chi connectivity index (χ1n) is 8.16. The number of hydrogen-bond donors (Lipinski definition) is 2. The van der Waals surface area contributed by atoms with Crippen LogP contribution in [-0.4, -0.2) is 34.3 Å². The van der Waals surface area contributed by atoms with E-state index < -0.39 is 0 Å². The van der Waals surface area contributed by atoms with E-state index in [4.69, 9.17) is 0 Å². The number of pyridine rings is 1. The van der Waals surface area contributed by atoms with Crippen LogP contribution < -0.4 is 10.6 Å². The topological polar surface area (TPSA) is 75.5 Å². The Bertz CT molecular complexity index is 868. The van der Waals surface area contributed by atoms with E-state index in [1.54, 1.807) is 12.1 Å². The minimum absolute atomic E-state index is 0.0433. The molecule has 0 atom stereocenters. The zero-order valence-corrected chi connectivity index (χ0v) is 14.0. The highest BCUT2D eigenvalue weighted by Crippen LogP contribution is 2.06. The Morgan fingerprint density at radius 3 is 2.68 bits per heavy atom. The first-order valence-corrected chi connectivity index (χ1v) is 8.16. The van der Waals surface area contributed by atoms with Gasteiger partial charge in [-0.25, -0.2) is 4.98 Å². The average molecular weight is 336 g/mol. The Hall–Kier alpha value is -3.15. The molecule has 2 heterocycles. The molecule has 1 aromatic carbocycles. The van der Waals surface area contributed by atoms with Crippen molar-refractivity contribution in [1.29, 1.82) is 0 Å². The second kappa shape index (κ2) is 7.61. The molecule has 0 spiro atoms. The maximum atomic E-state index is 12.1. The largest absolute Gasteiger partial charge is 0.354 e. The summed E-state index contributed by atoms with van der Waals surface area (Å²) < 4.78 is 1.94. The Labute approximate surface area is 145 Å². The summed E-state index contributed by atoms with van der Waals surface area (Å²) in [5.41, 5.74) is 3.26. The smallest absolute Gasteiger partial charge is 0.251 e. The summed E-state index contributed by atoms with van der Waals surface area (Å²) in [5, 5.41) is 5.43. The van der Waals surface area contributed by atoms with Crippen molar-refractivity contribution in [3.05, 3.63) is 71.7 Å². The van der Waals surface area contributed by atoms with Gasteiger partial charge < -0.3 is 15.0 Å². The van der Waals surface area contributed by atoms with Gasteiger partial charge >= 0.3 is 0 Å². The van der Waals surface area contributed by atoms with E-state index in [-0.39, 0.29) is 18.4 Å². The van der Waals surface area contributed by atoms with Gasteiger partial charge in [0.05, 0.1) is 12.2 Å². The number of nitrogens with one attached hydrogen (secondary N) is 2. The number of fused-ring (bicyclic) bond motifs is 1. The van der Waals surface area contributed by atoms with Crippen LogP contribution in [0, 0.1) is 6.92 Å². The summed E-state index contributed by atoms with van der Waals surface area (Å²) in [6.07, 6.45) is 4.52. The first kappa shape index (κ1) is 16.7. The van der Waals surface area contributed by atoms with Gasteiger partial charge in [-0.15, -0.1) is 0 Å². The third-order valence-electron chi connectivity index (χ3n) is 3.92. The lowest BCUT2D eigenvalue weighted by Gasteiger charge is -2.08. The predicted molar refractivity (Wildman–Crippen MR) is 95.4 cm³/mol. The van der Waals surface area contributed by atoms with Crippen molar-refractivity contribution < 1.29 is 9.59 Å². The minimum atomic E-state index is -0.242. The van der Waals surface area contributed by atoms with E-state index in [0.717, 1.165) is 16.9 Å². The van der Waals surface area contributed by atoms with E-state index in [1.165, 1.54) is 0 Å². The third-order valence-corrected chi connectivity index (χ3v) is 3.92. The Balaban J connectivity index is 1.43. The molecule has 0 bridgehead atoms. The SMILES string of the molecule is Cc1ccccc1C(=O)NCC(=O)NCCc1cn2ccccc2n1. The maximum absolute atomic E-state index is 12.1. The molecule has 0 aliphatic carbocycles. The third kappa shape index (κ3) is 4.23. The fraction of sp³-hybridized carbons (Fsp3) is 0.211. The van der Waals surface area contributed by atoms with Crippen molar-refractivity contribution in [3.8, 4) is 0 Å². The highest BCUT2D eigenvalue weighted by molar-refractivity contribution is 5.97. The second-order valence-electron chi connectivity index (χ2n) is 5.80. The van der Waals surface area contributed by atoms with E-state index >= 15 is 0 Å². The van der Waals surface area contributed by atoms with Crippen LogP contribution in [0.1, 0.15) is 21.6 Å². The number of imidazole rings is 1. The highest BCUT2D eigenvalue weighted by Gasteiger charge is 2.10. The zero-order chi connectivity index (χ0) is 17.6. The molecule has 3 rings (SSSR count). The second-order valence-corrected chi connectivity index (χ2v) is 5.80. The standard InChI is InChI=1S/C19H20N4O2/c1-14-6-2-3-7-16(14)19(25)21-12-18(24)20-10-9-15-13-23-11-5-4-8-17(23)22-15/h2-8,11,13H,9-10,12H2,1H3,(H,20,24)(H,21,25). The normalized spacial score (nSPS) is 10.6. The Morgan fingerprint density at radius 1 is 1.08 bits per heavy atom. The molecule has 0 saturated heterocycles. The molecule has 25 heavy (non-hydrogen) atoms. The summed E-state index contributed by atoms with van der Waals surface area (Å²) in [6, 6.07) is 13.1. The lowest BCUT2D eigenvalue weighted by Crippen LogP contribution is -2.37. The molecule has 0 unspecified atom stereocenters. The van der Waals surface area contributed by atoms with Crippen LogP contribution in [-0.2, 0) is 11.2 Å². The number of benzene rings is 1. The molecule has 0 aliphatic rings. The van der Waals surface area contributed by atoms with Gasteiger partial charge in [0, 0.05) is 30.9 Å². The summed E-state index contributed by atoms with van der Waals surface area (Å²) in [7, 11) is 0. The van der Waals surface area contributed by atoms with Crippen molar-refractivity contribution in [2.75, 3.05) is 13.1 Å². The van der Waals surface area contributed by atoms with Crippen LogP contribution in [0.4, 0.5) is 0 Å². The van der Waals surface area contributed by atoms with Crippen molar-refractivity contribution in [3.63, 3.8) is 0 Å². The molecular formula is C19H20N4O2. The fourth-order valence-corrected chi connectivity index (χ4v) is 2.58. The monoisotopic (exact) mass is 336 g/mol. The quantitative estimate of drug-likeness (QED) is 0.720. The summed E-state index contributed by atoms with van der Waals surface area (Å²) >= 11 is 0. The average Bonchev–Trinajstić information content (AvgIpc) is 3.03. The highest BCUT2D eigenvalue weighted by atomic mass is 16.2. The van der Waals surface area contributed by atoms with Gasteiger partial charge in [-0.05, 0) is 30.7 Å². The number of hydrogen-bond acceptors (Lipinski definition) is 3. The van der Waals surface area contributed by atoms with Crippen molar-refractivity contribution in [1.82, 2.24) is 20.0 Å². The number of nitrogens with zero attached hydrogens (tertiary/aromatic N) is 2. The molecule has 0 aliphatic heterocycles. The summed E-state index contributed by atoms with van der Waals surface area (Å²) in [5.74, 6) is -0.459. The first-order chi connectivity index (χ1) is 12.1. The maximum Gasteiger partial charge on any atom is 0.251 e. The molecule has 6 heteroatoms. The number of carbonyl (C=O) groups is 2. The van der Waals surface area contributed by atoms with Crippen LogP contribution >= 0.6 is 0 Å². The van der Waals surface area contributed by atoms with Gasteiger partial charge in [0.25, 0.3) is 5.91 Å². The van der Waals surface area contributed by atoms with Crippen LogP contribution in [0.25, 0.3) is 5.65 Å². The summed E-state index contributed by atoms with van der Waals surface area (Å²) in [6.45, 7) is 2.30. The molecular weight excluding hydrogens is 316 g/mol. The Kier molecular flexibility index (Phi) is 5.09. The van der Waals surface area contributed by atoms with Gasteiger partial charge in [0.1, 0.15) is 5.65 Å². The van der Waals surface area contributed by atoms with Crippen LogP contribution in [0.2, 0.25) is 0 Å². The van der Waals surface area contributed by atoms with Gasteiger partial charge in [-0.1, -0.05) is 24.3 Å². The van der Waals surface area contributed by atoms with E-state index in [1.807, 2.05) is 54.0 Å². The Morgan fingerprint density at radius 2 is 1.88 bits per heavy atom. The van der Waals surface area contributed by atoms with E-state index in [9.17, 15) is 9.59 Å². The van der Waals surface area contributed by atoms with Gasteiger partial charge in [0.15, 0.2) is 0 Å². The molecule has 128 valence electrons. The minimum Gasteiger partial charge on any atom is -0.354 e. The van der Waals surface area contributed by atoms with Crippen LogP contribution in [0.3, 0.4) is 0 Å². The van der Waals surface area contributed by atoms with Gasteiger partial charge in [-0.2, -0.15) is 0 Å². The summed E-state index contributed by atoms with van der Waals surface area (Å²) in [4.78, 5) is 28.4. The molecule has 2 aromatic heterocycles. The predicted octanol–water partition coefficient (Wildman–Crippen LogP) is 1.73. The lowest BCUT2D eigenvalue weighted by molar-refractivity contribution is -0.120. The molecule has 0 fully saturated rings. The number of aromatic nitrogens is 2. The molecule has 6 nitrogen and oxygen atoms in total. The molecule has 2 N–H and O–H groups in total. The molecule has 0 radical (unpaired) electrons. The molecule has 0 saturated carbocycles. The molecule has 2 amide bonds. The van der Waals surface area contributed by atoms with Crippen molar-refractivity contribution >= 4 is 17.5 Å².